The Morgan fingerprint density at radius 1 is 1.40 bits per heavy atom. The highest BCUT2D eigenvalue weighted by molar-refractivity contribution is 5.95. The van der Waals surface area contributed by atoms with Crippen molar-refractivity contribution in [1.82, 2.24) is 5.32 Å². The molecule has 7 nitrogen and oxygen atoms in total. The third-order valence-corrected chi connectivity index (χ3v) is 2.75. The zero-order valence-electron chi connectivity index (χ0n) is 10.8. The van der Waals surface area contributed by atoms with Crippen LogP contribution in [0.1, 0.15) is 15.9 Å². The molecular formula is C13H13N3O4. The van der Waals surface area contributed by atoms with Gasteiger partial charge < -0.3 is 15.1 Å². The van der Waals surface area contributed by atoms with Gasteiger partial charge in [0.2, 0.25) is 0 Å². The van der Waals surface area contributed by atoms with E-state index in [1.54, 1.807) is 12.3 Å². The van der Waals surface area contributed by atoms with E-state index in [-0.39, 0.29) is 17.3 Å². The molecule has 2 rings (SSSR count). The van der Waals surface area contributed by atoms with Gasteiger partial charge in [0.05, 0.1) is 17.4 Å². The summed E-state index contributed by atoms with van der Waals surface area (Å²) in [5, 5.41) is 16.4. The lowest BCUT2D eigenvalue weighted by molar-refractivity contribution is -0.384. The largest absolute Gasteiger partial charge is 0.472 e. The number of amides is 1. The first kappa shape index (κ1) is 13.6. The molecule has 2 aromatic rings. The van der Waals surface area contributed by atoms with Crippen molar-refractivity contribution in [2.45, 2.75) is 6.54 Å². The Morgan fingerprint density at radius 3 is 2.80 bits per heavy atom. The van der Waals surface area contributed by atoms with Crippen molar-refractivity contribution in [2.75, 3.05) is 12.4 Å². The molecule has 104 valence electrons. The molecular weight excluding hydrogens is 262 g/mol. The van der Waals surface area contributed by atoms with Crippen molar-refractivity contribution in [3.63, 3.8) is 0 Å². The Kier molecular flexibility index (Phi) is 3.99. The van der Waals surface area contributed by atoms with Crippen LogP contribution in [-0.2, 0) is 6.54 Å². The molecule has 0 aliphatic carbocycles. The highest BCUT2D eigenvalue weighted by Crippen LogP contribution is 2.26. The minimum atomic E-state index is -0.495. The van der Waals surface area contributed by atoms with E-state index in [1.807, 2.05) is 0 Å². The van der Waals surface area contributed by atoms with E-state index in [1.165, 1.54) is 31.5 Å². The number of furan rings is 1. The lowest BCUT2D eigenvalue weighted by Gasteiger charge is -2.08. The summed E-state index contributed by atoms with van der Waals surface area (Å²) in [5.41, 5.74) is 1.41. The van der Waals surface area contributed by atoms with E-state index in [0.29, 0.717) is 12.1 Å². The molecule has 1 amide bonds. The van der Waals surface area contributed by atoms with Crippen molar-refractivity contribution in [1.29, 1.82) is 0 Å². The Labute approximate surface area is 114 Å². The molecule has 1 heterocycles. The number of carbonyl (C=O) groups is 1. The molecule has 0 bridgehead atoms. The van der Waals surface area contributed by atoms with Gasteiger partial charge in [-0.05, 0) is 18.2 Å². The van der Waals surface area contributed by atoms with Gasteiger partial charge >= 0.3 is 0 Å². The van der Waals surface area contributed by atoms with Crippen molar-refractivity contribution in [2.24, 2.45) is 0 Å². The SMILES string of the molecule is CNC(=O)c1ccc([N+](=O)[O-])c(NCc2ccoc2)c1. The Hall–Kier alpha value is -2.83. The second-order valence-electron chi connectivity index (χ2n) is 4.05. The van der Waals surface area contributed by atoms with Crippen LogP contribution in [0, 0.1) is 10.1 Å². The van der Waals surface area contributed by atoms with Crippen LogP contribution >= 0.6 is 0 Å². The fourth-order valence-electron chi connectivity index (χ4n) is 1.71. The number of nitro groups is 1. The van der Waals surface area contributed by atoms with Crippen LogP contribution in [-0.4, -0.2) is 17.9 Å². The summed E-state index contributed by atoms with van der Waals surface area (Å²) in [6.07, 6.45) is 3.06. The van der Waals surface area contributed by atoms with Gasteiger partial charge in [-0.2, -0.15) is 0 Å². The van der Waals surface area contributed by atoms with E-state index < -0.39 is 4.92 Å². The standard InChI is InChI=1S/C13H13N3O4/c1-14-13(17)10-2-3-12(16(18)19)11(6-10)15-7-9-4-5-20-8-9/h2-6,8,15H,7H2,1H3,(H,14,17). The van der Waals surface area contributed by atoms with Gasteiger partial charge in [0, 0.05) is 30.8 Å². The maximum atomic E-state index is 11.6. The van der Waals surface area contributed by atoms with Crippen LogP contribution in [0.5, 0.6) is 0 Å². The molecule has 0 atom stereocenters. The summed E-state index contributed by atoms with van der Waals surface area (Å²) in [7, 11) is 1.50. The smallest absolute Gasteiger partial charge is 0.292 e. The van der Waals surface area contributed by atoms with Crippen LogP contribution in [0.25, 0.3) is 0 Å². The first-order valence-electron chi connectivity index (χ1n) is 5.87. The number of benzene rings is 1. The number of rotatable bonds is 5. The second kappa shape index (κ2) is 5.87. The zero-order valence-corrected chi connectivity index (χ0v) is 10.8. The summed E-state index contributed by atoms with van der Waals surface area (Å²) in [4.78, 5) is 22.0. The number of hydrogen-bond donors (Lipinski definition) is 2. The summed E-state index contributed by atoms with van der Waals surface area (Å²) in [6.45, 7) is 0.370. The molecule has 0 spiro atoms. The highest BCUT2D eigenvalue weighted by Gasteiger charge is 2.16. The average molecular weight is 275 g/mol. The molecule has 1 aromatic heterocycles. The third-order valence-electron chi connectivity index (χ3n) is 2.75. The number of anilines is 1. The predicted molar refractivity (Wildman–Crippen MR) is 72.5 cm³/mol. The summed E-state index contributed by atoms with van der Waals surface area (Å²) >= 11 is 0. The zero-order chi connectivity index (χ0) is 14.5. The fraction of sp³-hybridized carbons (Fsp3) is 0.154. The quantitative estimate of drug-likeness (QED) is 0.643. The summed E-state index contributed by atoms with van der Waals surface area (Å²) in [6, 6.07) is 5.93. The van der Waals surface area contributed by atoms with Gasteiger partial charge in [-0.25, -0.2) is 0 Å². The molecule has 0 fully saturated rings. The number of hydrogen-bond acceptors (Lipinski definition) is 5. The molecule has 0 aliphatic heterocycles. The average Bonchev–Trinajstić information content (AvgIpc) is 2.97. The molecule has 0 saturated heterocycles. The molecule has 0 unspecified atom stereocenters. The lowest BCUT2D eigenvalue weighted by Crippen LogP contribution is -2.18. The van der Waals surface area contributed by atoms with E-state index in [4.69, 9.17) is 4.42 Å². The molecule has 7 heteroatoms. The summed E-state index contributed by atoms with van der Waals surface area (Å²) < 4.78 is 4.92. The second-order valence-corrected chi connectivity index (χ2v) is 4.05. The fourth-order valence-corrected chi connectivity index (χ4v) is 1.71. The van der Waals surface area contributed by atoms with Crippen LogP contribution in [0.15, 0.2) is 41.2 Å². The highest BCUT2D eigenvalue weighted by atomic mass is 16.6. The third kappa shape index (κ3) is 2.94. The van der Waals surface area contributed by atoms with Crippen LogP contribution in [0.4, 0.5) is 11.4 Å². The van der Waals surface area contributed by atoms with Gasteiger partial charge in [0.1, 0.15) is 5.69 Å². The van der Waals surface area contributed by atoms with Crippen LogP contribution < -0.4 is 10.6 Å². The first-order chi connectivity index (χ1) is 9.61. The van der Waals surface area contributed by atoms with Gasteiger partial charge in [0.25, 0.3) is 11.6 Å². The maximum absolute atomic E-state index is 11.6. The predicted octanol–water partition coefficient (Wildman–Crippen LogP) is 2.16. The number of nitro benzene ring substituents is 1. The van der Waals surface area contributed by atoms with Gasteiger partial charge in [-0.15, -0.1) is 0 Å². The van der Waals surface area contributed by atoms with E-state index >= 15 is 0 Å². The normalized spacial score (nSPS) is 10.1. The maximum Gasteiger partial charge on any atom is 0.292 e. The molecule has 0 aliphatic rings. The van der Waals surface area contributed by atoms with Gasteiger partial charge in [-0.3, -0.25) is 14.9 Å². The number of nitrogens with zero attached hydrogens (tertiary/aromatic N) is 1. The minimum Gasteiger partial charge on any atom is -0.472 e. The van der Waals surface area contributed by atoms with Gasteiger partial charge in [0.15, 0.2) is 0 Å². The number of carbonyl (C=O) groups excluding carboxylic acids is 1. The van der Waals surface area contributed by atoms with Gasteiger partial charge in [-0.1, -0.05) is 0 Å². The monoisotopic (exact) mass is 275 g/mol. The molecule has 1 aromatic carbocycles. The lowest BCUT2D eigenvalue weighted by atomic mass is 10.1. The van der Waals surface area contributed by atoms with Crippen LogP contribution in [0.3, 0.4) is 0 Å². The Balaban J connectivity index is 2.26. The minimum absolute atomic E-state index is 0.0823. The molecule has 0 saturated carbocycles. The number of nitrogens with one attached hydrogen (secondary N) is 2. The van der Waals surface area contributed by atoms with E-state index in [2.05, 4.69) is 10.6 Å². The summed E-state index contributed by atoms with van der Waals surface area (Å²) in [5.74, 6) is -0.300. The topological polar surface area (TPSA) is 97.4 Å². The Bertz CT molecular complexity index is 623. The molecule has 0 radical (unpaired) electrons. The van der Waals surface area contributed by atoms with Crippen molar-refractivity contribution in [3.8, 4) is 0 Å². The van der Waals surface area contributed by atoms with Crippen molar-refractivity contribution < 1.29 is 14.1 Å². The van der Waals surface area contributed by atoms with E-state index in [9.17, 15) is 14.9 Å². The van der Waals surface area contributed by atoms with Crippen molar-refractivity contribution in [3.05, 3.63) is 58.0 Å². The van der Waals surface area contributed by atoms with E-state index in [0.717, 1.165) is 5.56 Å². The molecule has 2 N–H and O–H groups in total. The van der Waals surface area contributed by atoms with Crippen LogP contribution in [0.2, 0.25) is 0 Å². The van der Waals surface area contributed by atoms with Crippen molar-refractivity contribution >= 4 is 17.3 Å². The first-order valence-corrected chi connectivity index (χ1v) is 5.87. The molecule has 20 heavy (non-hydrogen) atoms. The Morgan fingerprint density at radius 2 is 2.20 bits per heavy atom.